The third-order valence-corrected chi connectivity index (χ3v) is 2.81. The summed E-state index contributed by atoms with van der Waals surface area (Å²) in [6, 6.07) is 7.24. The van der Waals surface area contributed by atoms with Crippen molar-refractivity contribution in [1.82, 2.24) is 0 Å². The Kier molecular flexibility index (Phi) is 4.67. The normalized spacial score (nSPS) is 11.7. The summed E-state index contributed by atoms with van der Waals surface area (Å²) in [6.07, 6.45) is -0.574. The van der Waals surface area contributed by atoms with E-state index in [9.17, 15) is 10.1 Å². The Bertz CT molecular complexity index is 554. The summed E-state index contributed by atoms with van der Waals surface area (Å²) < 4.78 is 5.21. The van der Waals surface area contributed by atoms with Crippen LogP contribution in [0.4, 0.5) is 10.5 Å². The number of carbonyl (C=O) groups is 1. The molecule has 0 radical (unpaired) electrons. The van der Waals surface area contributed by atoms with Crippen LogP contribution in [0.1, 0.15) is 40.2 Å². The van der Waals surface area contributed by atoms with E-state index in [-0.39, 0.29) is 0 Å². The van der Waals surface area contributed by atoms with Gasteiger partial charge in [0.15, 0.2) is 0 Å². The highest BCUT2D eigenvalue weighted by atomic mass is 35.5. The lowest BCUT2D eigenvalue weighted by molar-refractivity contribution is 0.0636. The summed E-state index contributed by atoms with van der Waals surface area (Å²) in [4.78, 5) is 11.8. The van der Waals surface area contributed by atoms with Crippen molar-refractivity contribution >= 4 is 23.4 Å². The SMILES string of the molecule is CC(C)(C)OC(=O)Nc1cc(Cl)ccc1C(C)(C)C#N. The van der Waals surface area contributed by atoms with E-state index in [2.05, 4.69) is 11.4 Å². The lowest BCUT2D eigenvalue weighted by Gasteiger charge is -2.23. The molecule has 0 atom stereocenters. The number of nitrogens with one attached hydrogen (secondary N) is 1. The highest BCUT2D eigenvalue weighted by Gasteiger charge is 2.25. The Morgan fingerprint density at radius 2 is 1.90 bits per heavy atom. The lowest BCUT2D eigenvalue weighted by Crippen LogP contribution is -2.28. The quantitative estimate of drug-likeness (QED) is 0.874. The third-order valence-electron chi connectivity index (χ3n) is 2.57. The molecule has 0 aliphatic rings. The average Bonchev–Trinajstić information content (AvgIpc) is 2.25. The van der Waals surface area contributed by atoms with Gasteiger partial charge < -0.3 is 4.74 Å². The van der Waals surface area contributed by atoms with Crippen LogP contribution in [0.25, 0.3) is 0 Å². The highest BCUT2D eigenvalue weighted by molar-refractivity contribution is 6.31. The summed E-state index contributed by atoms with van der Waals surface area (Å²) in [5.41, 5.74) is -0.156. The molecule has 1 amide bonds. The molecule has 0 saturated carbocycles. The number of carbonyl (C=O) groups excluding carboxylic acids is 1. The van der Waals surface area contributed by atoms with Crippen LogP contribution in [0, 0.1) is 11.3 Å². The minimum absolute atomic E-state index is 0.480. The molecular formula is C15H19ClN2O2. The van der Waals surface area contributed by atoms with Gasteiger partial charge in [0.05, 0.1) is 17.2 Å². The molecule has 0 aliphatic carbocycles. The number of hydrogen-bond donors (Lipinski definition) is 1. The molecule has 0 bridgehead atoms. The van der Waals surface area contributed by atoms with Gasteiger partial charge in [-0.3, -0.25) is 5.32 Å². The topological polar surface area (TPSA) is 62.1 Å². The van der Waals surface area contributed by atoms with Gasteiger partial charge in [0.1, 0.15) is 5.60 Å². The number of rotatable bonds is 2. The second-order valence-electron chi connectivity index (χ2n) is 6.05. The van der Waals surface area contributed by atoms with Gasteiger partial charge in [-0.15, -0.1) is 0 Å². The molecule has 108 valence electrons. The van der Waals surface area contributed by atoms with Crippen LogP contribution in [0.3, 0.4) is 0 Å². The number of hydrogen-bond acceptors (Lipinski definition) is 3. The van der Waals surface area contributed by atoms with Crippen molar-refractivity contribution in [3.63, 3.8) is 0 Å². The number of ether oxygens (including phenoxy) is 1. The molecular weight excluding hydrogens is 276 g/mol. The molecule has 4 nitrogen and oxygen atoms in total. The standard InChI is InChI=1S/C15H19ClN2O2/c1-14(2,3)20-13(19)18-12-8-10(16)6-7-11(12)15(4,5)9-17/h6-8H,1-5H3,(H,18,19). The molecule has 1 N–H and O–H groups in total. The number of nitriles is 1. The second-order valence-corrected chi connectivity index (χ2v) is 6.49. The number of anilines is 1. The van der Waals surface area contributed by atoms with Gasteiger partial charge in [0.2, 0.25) is 0 Å². The van der Waals surface area contributed by atoms with Crippen LogP contribution in [0.5, 0.6) is 0 Å². The van der Waals surface area contributed by atoms with Gasteiger partial charge in [-0.1, -0.05) is 17.7 Å². The third kappa shape index (κ3) is 4.43. The van der Waals surface area contributed by atoms with E-state index in [1.165, 1.54) is 0 Å². The van der Waals surface area contributed by atoms with Crippen LogP contribution in [-0.2, 0) is 10.2 Å². The van der Waals surface area contributed by atoms with E-state index in [4.69, 9.17) is 16.3 Å². The zero-order valence-corrected chi connectivity index (χ0v) is 13.1. The van der Waals surface area contributed by atoms with Crippen molar-refractivity contribution in [2.24, 2.45) is 0 Å². The minimum Gasteiger partial charge on any atom is -0.444 e. The van der Waals surface area contributed by atoms with Crippen LogP contribution in [0.15, 0.2) is 18.2 Å². The van der Waals surface area contributed by atoms with Gasteiger partial charge >= 0.3 is 6.09 Å². The fourth-order valence-corrected chi connectivity index (χ4v) is 1.81. The Morgan fingerprint density at radius 3 is 2.40 bits per heavy atom. The van der Waals surface area contributed by atoms with Crippen molar-refractivity contribution < 1.29 is 9.53 Å². The maximum absolute atomic E-state index is 11.8. The molecule has 0 unspecified atom stereocenters. The highest BCUT2D eigenvalue weighted by Crippen LogP contribution is 2.32. The number of amides is 1. The maximum atomic E-state index is 11.8. The lowest BCUT2D eigenvalue weighted by atomic mass is 9.85. The maximum Gasteiger partial charge on any atom is 0.412 e. The summed E-state index contributed by atoms with van der Waals surface area (Å²) in [6.45, 7) is 8.90. The van der Waals surface area contributed by atoms with Gasteiger partial charge in [-0.2, -0.15) is 5.26 Å². The first-order valence-corrected chi connectivity index (χ1v) is 6.64. The van der Waals surface area contributed by atoms with Crippen molar-refractivity contribution in [3.05, 3.63) is 28.8 Å². The van der Waals surface area contributed by atoms with Crippen molar-refractivity contribution in [1.29, 1.82) is 5.26 Å². The predicted molar refractivity (Wildman–Crippen MR) is 79.9 cm³/mol. The summed E-state index contributed by atoms with van der Waals surface area (Å²) in [7, 11) is 0. The largest absolute Gasteiger partial charge is 0.444 e. The molecule has 0 spiro atoms. The average molecular weight is 295 g/mol. The van der Waals surface area contributed by atoms with Crippen LogP contribution in [-0.4, -0.2) is 11.7 Å². The van der Waals surface area contributed by atoms with Crippen molar-refractivity contribution in [3.8, 4) is 6.07 Å². The molecule has 0 heterocycles. The van der Waals surface area contributed by atoms with Crippen LogP contribution in [0.2, 0.25) is 5.02 Å². The summed E-state index contributed by atoms with van der Waals surface area (Å²) in [5, 5.41) is 12.4. The molecule has 0 aliphatic heterocycles. The molecule has 1 aromatic carbocycles. The van der Waals surface area contributed by atoms with E-state index in [1.807, 2.05) is 0 Å². The van der Waals surface area contributed by atoms with E-state index in [0.29, 0.717) is 16.3 Å². The van der Waals surface area contributed by atoms with Gasteiger partial charge in [0, 0.05) is 5.02 Å². The van der Waals surface area contributed by atoms with E-state index < -0.39 is 17.1 Å². The van der Waals surface area contributed by atoms with Crippen LogP contribution < -0.4 is 5.32 Å². The Labute approximate surface area is 124 Å². The molecule has 1 aromatic rings. The number of halogens is 1. The first-order valence-electron chi connectivity index (χ1n) is 6.26. The van der Waals surface area contributed by atoms with E-state index in [1.54, 1.807) is 52.8 Å². The molecule has 0 fully saturated rings. The fraction of sp³-hybridized carbons (Fsp3) is 0.467. The monoisotopic (exact) mass is 294 g/mol. The summed E-state index contributed by atoms with van der Waals surface area (Å²) >= 11 is 5.95. The van der Waals surface area contributed by atoms with E-state index >= 15 is 0 Å². The van der Waals surface area contributed by atoms with Gasteiger partial charge in [-0.05, 0) is 52.3 Å². The first-order chi connectivity index (χ1) is 9.05. The Hall–Kier alpha value is -1.73. The van der Waals surface area contributed by atoms with Crippen molar-refractivity contribution in [2.75, 3.05) is 5.32 Å². The van der Waals surface area contributed by atoms with Crippen molar-refractivity contribution in [2.45, 2.75) is 45.6 Å². The van der Waals surface area contributed by atoms with Crippen LogP contribution >= 0.6 is 11.6 Å². The Balaban J connectivity index is 3.09. The predicted octanol–water partition coefficient (Wildman–Crippen LogP) is 4.49. The molecule has 1 rings (SSSR count). The summed E-state index contributed by atoms with van der Waals surface area (Å²) in [5.74, 6) is 0. The molecule has 5 heteroatoms. The Morgan fingerprint density at radius 1 is 1.30 bits per heavy atom. The van der Waals surface area contributed by atoms with Gasteiger partial charge in [-0.25, -0.2) is 4.79 Å². The van der Waals surface area contributed by atoms with Gasteiger partial charge in [0.25, 0.3) is 0 Å². The zero-order valence-electron chi connectivity index (χ0n) is 12.4. The zero-order chi connectivity index (χ0) is 15.6. The minimum atomic E-state index is -0.741. The fourth-order valence-electron chi connectivity index (χ4n) is 1.64. The molecule has 20 heavy (non-hydrogen) atoms. The number of nitrogens with zero attached hydrogens (tertiary/aromatic N) is 1. The molecule has 0 saturated heterocycles. The number of benzene rings is 1. The smallest absolute Gasteiger partial charge is 0.412 e. The first kappa shape index (κ1) is 16.3. The molecule has 0 aromatic heterocycles. The van der Waals surface area contributed by atoms with E-state index in [0.717, 1.165) is 0 Å². The second kappa shape index (κ2) is 5.72.